The summed E-state index contributed by atoms with van der Waals surface area (Å²) in [5.41, 5.74) is -3.46. The monoisotopic (exact) mass is 311 g/mol. The second kappa shape index (κ2) is 6.02. The topological polar surface area (TPSA) is 49.8 Å². The molecule has 4 nitrogen and oxygen atoms in total. The van der Waals surface area contributed by atoms with Crippen molar-refractivity contribution in [3.8, 4) is 0 Å². The largest absolute Gasteiger partial charge is 0.444 e. The Morgan fingerprint density at radius 1 is 1.33 bits per heavy atom. The molecule has 0 unspecified atom stereocenters. The summed E-state index contributed by atoms with van der Waals surface area (Å²) in [6, 6.07) is 0. The summed E-state index contributed by atoms with van der Waals surface area (Å²) in [6.45, 7) is 6.61. The fraction of sp³-hybridized carbons (Fsp3) is 0.929. The Labute approximate surface area is 123 Å². The van der Waals surface area contributed by atoms with Gasteiger partial charge in [0.05, 0.1) is 0 Å². The van der Waals surface area contributed by atoms with Gasteiger partial charge in [0.25, 0.3) is 0 Å². The number of piperidine rings is 1. The number of rotatable bonds is 2. The van der Waals surface area contributed by atoms with Crippen molar-refractivity contribution >= 4 is 6.09 Å². The Balaban J connectivity index is 2.83. The highest BCUT2D eigenvalue weighted by Crippen LogP contribution is 2.42. The number of carbonyl (C=O) groups excluding carboxylic acids is 1. The van der Waals surface area contributed by atoms with Crippen LogP contribution in [0.3, 0.4) is 0 Å². The lowest BCUT2D eigenvalue weighted by Crippen LogP contribution is -2.57. The molecule has 21 heavy (non-hydrogen) atoms. The maximum Gasteiger partial charge on any atom is 0.417 e. The van der Waals surface area contributed by atoms with Gasteiger partial charge in [-0.1, -0.05) is 6.92 Å². The molecule has 2 atom stereocenters. The number of alkyl halides is 3. The highest BCUT2D eigenvalue weighted by atomic mass is 19.4. The van der Waals surface area contributed by atoms with Crippen LogP contribution in [0.4, 0.5) is 18.0 Å². The SMILES string of the molecule is CC[C@](O)([C@H]1CCCN(C(=O)OC(C)(C)C)C1)C(F)(F)F. The average Bonchev–Trinajstić information content (AvgIpc) is 2.34. The van der Waals surface area contributed by atoms with Crippen LogP contribution < -0.4 is 0 Å². The molecule has 0 aliphatic carbocycles. The van der Waals surface area contributed by atoms with Gasteiger partial charge in [0.2, 0.25) is 0 Å². The number of carbonyl (C=O) groups is 1. The van der Waals surface area contributed by atoms with Gasteiger partial charge in [-0.25, -0.2) is 4.79 Å². The fourth-order valence-electron chi connectivity index (χ4n) is 2.58. The van der Waals surface area contributed by atoms with Crippen LogP contribution in [0, 0.1) is 5.92 Å². The van der Waals surface area contributed by atoms with Gasteiger partial charge in [0.15, 0.2) is 5.60 Å². The van der Waals surface area contributed by atoms with Crippen LogP contribution in [0.2, 0.25) is 0 Å². The van der Waals surface area contributed by atoms with E-state index in [0.717, 1.165) is 0 Å². The summed E-state index contributed by atoms with van der Waals surface area (Å²) < 4.78 is 44.5. The van der Waals surface area contributed by atoms with Crippen LogP contribution in [0.5, 0.6) is 0 Å². The summed E-state index contributed by atoms with van der Waals surface area (Å²) in [5, 5.41) is 10.0. The zero-order valence-corrected chi connectivity index (χ0v) is 13.0. The van der Waals surface area contributed by atoms with Crippen molar-refractivity contribution in [1.29, 1.82) is 0 Å². The fourth-order valence-corrected chi connectivity index (χ4v) is 2.58. The summed E-state index contributed by atoms with van der Waals surface area (Å²) in [5.74, 6) is -1.02. The molecule has 0 spiro atoms. The molecule has 1 rings (SSSR count). The van der Waals surface area contributed by atoms with E-state index < -0.39 is 35.8 Å². The molecule has 0 bridgehead atoms. The molecule has 1 heterocycles. The summed E-state index contributed by atoms with van der Waals surface area (Å²) >= 11 is 0. The molecule has 0 saturated carbocycles. The lowest BCUT2D eigenvalue weighted by Gasteiger charge is -2.42. The van der Waals surface area contributed by atoms with Crippen molar-refractivity contribution in [2.24, 2.45) is 5.92 Å². The van der Waals surface area contributed by atoms with Crippen LogP contribution in [0.1, 0.15) is 47.0 Å². The van der Waals surface area contributed by atoms with Crippen molar-refractivity contribution in [2.75, 3.05) is 13.1 Å². The van der Waals surface area contributed by atoms with Gasteiger partial charge in [-0.15, -0.1) is 0 Å². The molecule has 1 saturated heterocycles. The van der Waals surface area contributed by atoms with E-state index >= 15 is 0 Å². The van der Waals surface area contributed by atoms with Gasteiger partial charge < -0.3 is 14.7 Å². The van der Waals surface area contributed by atoms with Crippen LogP contribution in [-0.2, 0) is 4.74 Å². The Hall–Kier alpha value is -0.980. The maximum atomic E-state index is 13.1. The molecule has 0 radical (unpaired) electrons. The minimum Gasteiger partial charge on any atom is -0.444 e. The minimum absolute atomic E-state index is 0.140. The molecular weight excluding hydrogens is 287 g/mol. The molecule has 0 aromatic carbocycles. The average molecular weight is 311 g/mol. The first-order chi connectivity index (χ1) is 9.40. The number of nitrogens with zero attached hydrogens (tertiary/aromatic N) is 1. The van der Waals surface area contributed by atoms with Crippen LogP contribution in [0.15, 0.2) is 0 Å². The van der Waals surface area contributed by atoms with Gasteiger partial charge >= 0.3 is 12.3 Å². The number of hydrogen-bond donors (Lipinski definition) is 1. The van der Waals surface area contributed by atoms with Gasteiger partial charge in [0.1, 0.15) is 5.60 Å². The van der Waals surface area contributed by atoms with Crippen molar-refractivity contribution in [1.82, 2.24) is 4.90 Å². The summed E-state index contributed by atoms with van der Waals surface area (Å²) in [6.07, 6.45) is -5.11. The quantitative estimate of drug-likeness (QED) is 0.851. The van der Waals surface area contributed by atoms with Crippen molar-refractivity contribution < 1.29 is 27.8 Å². The number of likely N-dealkylation sites (tertiary alicyclic amines) is 1. The van der Waals surface area contributed by atoms with Gasteiger partial charge in [-0.05, 0) is 40.0 Å². The van der Waals surface area contributed by atoms with Crippen molar-refractivity contribution in [2.45, 2.75) is 64.3 Å². The zero-order chi connectivity index (χ0) is 16.5. The first kappa shape index (κ1) is 18.1. The van der Waals surface area contributed by atoms with Crippen molar-refractivity contribution in [3.63, 3.8) is 0 Å². The van der Waals surface area contributed by atoms with E-state index in [1.54, 1.807) is 20.8 Å². The maximum absolute atomic E-state index is 13.1. The van der Waals surface area contributed by atoms with Crippen molar-refractivity contribution in [3.05, 3.63) is 0 Å². The van der Waals surface area contributed by atoms with Crippen LogP contribution in [-0.4, -0.2) is 46.6 Å². The second-order valence-corrected chi connectivity index (χ2v) is 6.54. The lowest BCUT2D eigenvalue weighted by atomic mass is 9.79. The minimum atomic E-state index is -4.71. The molecule has 0 aromatic rings. The predicted octanol–water partition coefficient (Wildman–Crippen LogP) is 3.34. The molecule has 124 valence electrons. The molecule has 1 fully saturated rings. The third-order valence-electron chi connectivity index (χ3n) is 3.78. The number of ether oxygens (including phenoxy) is 1. The second-order valence-electron chi connectivity index (χ2n) is 6.54. The normalized spacial score (nSPS) is 23.6. The van der Waals surface area contributed by atoms with Gasteiger partial charge in [-0.3, -0.25) is 0 Å². The molecule has 1 aliphatic rings. The molecule has 1 N–H and O–H groups in total. The zero-order valence-electron chi connectivity index (χ0n) is 13.0. The third kappa shape index (κ3) is 4.25. The standard InChI is InChI=1S/C14H24F3NO3/c1-5-13(20,14(15,16)17)10-7-6-8-18(9-10)11(19)21-12(2,3)4/h10,20H,5-9H2,1-4H3/t10-,13-/m0/s1. The first-order valence-corrected chi connectivity index (χ1v) is 7.17. The number of hydrogen-bond acceptors (Lipinski definition) is 3. The summed E-state index contributed by atoms with van der Waals surface area (Å²) in [4.78, 5) is 13.2. The molecular formula is C14H24F3NO3. The van der Waals surface area contributed by atoms with Crippen LogP contribution in [0.25, 0.3) is 0 Å². The Morgan fingerprint density at radius 3 is 2.33 bits per heavy atom. The number of aliphatic hydroxyl groups is 1. The highest BCUT2D eigenvalue weighted by Gasteiger charge is 2.57. The van der Waals surface area contributed by atoms with Crippen LogP contribution >= 0.6 is 0 Å². The summed E-state index contributed by atoms with van der Waals surface area (Å²) in [7, 11) is 0. The van der Waals surface area contributed by atoms with Gasteiger partial charge in [0, 0.05) is 19.0 Å². The molecule has 1 aliphatic heterocycles. The smallest absolute Gasteiger partial charge is 0.417 e. The molecule has 7 heteroatoms. The third-order valence-corrected chi connectivity index (χ3v) is 3.78. The molecule has 0 aromatic heterocycles. The van der Waals surface area contributed by atoms with E-state index in [0.29, 0.717) is 13.0 Å². The predicted molar refractivity (Wildman–Crippen MR) is 71.8 cm³/mol. The molecule has 1 amide bonds. The highest BCUT2D eigenvalue weighted by molar-refractivity contribution is 5.68. The van der Waals surface area contributed by atoms with E-state index in [1.165, 1.54) is 11.8 Å². The van der Waals surface area contributed by atoms with E-state index in [9.17, 15) is 23.1 Å². The Bertz CT molecular complexity index is 379. The van der Waals surface area contributed by atoms with E-state index in [4.69, 9.17) is 4.74 Å². The Morgan fingerprint density at radius 2 is 1.90 bits per heavy atom. The number of amides is 1. The van der Waals surface area contributed by atoms with E-state index in [1.807, 2.05) is 0 Å². The first-order valence-electron chi connectivity index (χ1n) is 7.17. The Kier molecular flexibility index (Phi) is 5.18. The van der Waals surface area contributed by atoms with E-state index in [2.05, 4.69) is 0 Å². The van der Waals surface area contributed by atoms with Gasteiger partial charge in [-0.2, -0.15) is 13.2 Å². The number of halogens is 3. The lowest BCUT2D eigenvalue weighted by molar-refractivity contribution is -0.284. The van der Waals surface area contributed by atoms with E-state index in [-0.39, 0.29) is 13.0 Å².